The van der Waals surface area contributed by atoms with Crippen molar-refractivity contribution < 1.29 is 13.9 Å². The molecule has 1 fully saturated rings. The second-order valence-corrected chi connectivity index (χ2v) is 10.9. The summed E-state index contributed by atoms with van der Waals surface area (Å²) >= 11 is 0. The molecule has 1 aromatic carbocycles. The predicted octanol–water partition coefficient (Wildman–Crippen LogP) is 4.99. The molecule has 0 saturated carbocycles. The first kappa shape index (κ1) is 23.5. The van der Waals surface area contributed by atoms with Crippen LogP contribution in [0.15, 0.2) is 36.5 Å². The number of rotatable bonds is 4. The molecule has 184 valence electrons. The maximum atomic E-state index is 15.2. The largest absolute Gasteiger partial charge is 0.480 e. The van der Waals surface area contributed by atoms with Gasteiger partial charge in [-0.1, -0.05) is 0 Å². The lowest BCUT2D eigenvalue weighted by molar-refractivity contribution is 0.160. The molecule has 1 N–H and O–H groups in total. The highest BCUT2D eigenvalue weighted by Gasteiger charge is 2.39. The van der Waals surface area contributed by atoms with Gasteiger partial charge in [0, 0.05) is 46.9 Å². The standard InChI is InChI=1S/C27H32FN5O2/c1-26(2)12-18(13-27(3,4)32-26)33(5)23-8-7-19-20-11-22(28)21(9-17(20)15-35-25(19)30-23)16-10-24(34-6)31-29-14-16/h7-11,14,18,32H,12-13,15H2,1-6H3. The number of nitrogens with one attached hydrogen (secondary N) is 1. The highest BCUT2D eigenvalue weighted by Crippen LogP contribution is 2.41. The van der Waals surface area contributed by atoms with Crippen molar-refractivity contribution in [2.45, 2.75) is 64.3 Å². The van der Waals surface area contributed by atoms with Gasteiger partial charge in [-0.15, -0.1) is 5.10 Å². The van der Waals surface area contributed by atoms with E-state index in [2.05, 4.69) is 55.2 Å². The lowest BCUT2D eigenvalue weighted by atomic mass is 9.79. The molecule has 2 aromatic heterocycles. The Morgan fingerprint density at radius 1 is 1.06 bits per heavy atom. The zero-order valence-corrected chi connectivity index (χ0v) is 21.1. The first-order chi connectivity index (χ1) is 16.5. The van der Waals surface area contributed by atoms with Crippen molar-refractivity contribution >= 4 is 5.82 Å². The molecular weight excluding hydrogens is 445 g/mol. The summed E-state index contributed by atoms with van der Waals surface area (Å²) in [5, 5.41) is 11.5. The number of anilines is 1. The number of nitrogens with zero attached hydrogens (tertiary/aromatic N) is 4. The van der Waals surface area contributed by atoms with Crippen LogP contribution in [0.3, 0.4) is 0 Å². The Kier molecular flexibility index (Phi) is 5.67. The Balaban J connectivity index is 1.46. The number of halogens is 1. The van der Waals surface area contributed by atoms with Crippen LogP contribution in [-0.4, -0.2) is 46.5 Å². The first-order valence-electron chi connectivity index (χ1n) is 11.9. The molecule has 4 heterocycles. The maximum absolute atomic E-state index is 15.2. The van der Waals surface area contributed by atoms with Crippen LogP contribution in [0.1, 0.15) is 46.1 Å². The van der Waals surface area contributed by atoms with Crippen LogP contribution in [-0.2, 0) is 6.61 Å². The molecule has 1 saturated heterocycles. The molecule has 0 unspecified atom stereocenters. The Hall–Kier alpha value is -3.26. The molecule has 5 rings (SSSR count). The van der Waals surface area contributed by atoms with Crippen molar-refractivity contribution in [3.8, 4) is 34.0 Å². The van der Waals surface area contributed by atoms with Gasteiger partial charge < -0.3 is 19.7 Å². The minimum absolute atomic E-state index is 0.0356. The number of hydrogen-bond acceptors (Lipinski definition) is 7. The Morgan fingerprint density at radius 3 is 2.51 bits per heavy atom. The molecule has 8 heteroatoms. The molecule has 35 heavy (non-hydrogen) atoms. The SMILES string of the molecule is COc1cc(-c2cc3c(cc2F)-c2ccc(N(C)C4CC(C)(C)NC(C)(C)C4)nc2OC3)cnn1. The minimum atomic E-state index is -0.341. The number of piperidine rings is 1. The molecule has 2 aliphatic heterocycles. The van der Waals surface area contributed by atoms with E-state index in [1.54, 1.807) is 12.1 Å². The Bertz CT molecular complexity index is 1260. The van der Waals surface area contributed by atoms with Gasteiger partial charge in [0.25, 0.3) is 0 Å². The van der Waals surface area contributed by atoms with Crippen molar-refractivity contribution in [2.24, 2.45) is 0 Å². The maximum Gasteiger partial charge on any atom is 0.233 e. The van der Waals surface area contributed by atoms with E-state index in [9.17, 15) is 0 Å². The molecule has 0 spiro atoms. The van der Waals surface area contributed by atoms with E-state index in [0.29, 0.717) is 35.5 Å². The fourth-order valence-corrected chi connectivity index (χ4v) is 5.62. The van der Waals surface area contributed by atoms with Crippen LogP contribution in [0.2, 0.25) is 0 Å². The lowest BCUT2D eigenvalue weighted by Crippen LogP contribution is -2.62. The molecular formula is C27H32FN5O2. The van der Waals surface area contributed by atoms with Gasteiger partial charge in [-0.25, -0.2) is 4.39 Å². The first-order valence-corrected chi connectivity index (χ1v) is 11.9. The second kappa shape index (κ2) is 8.45. The zero-order chi connectivity index (χ0) is 25.0. The van der Waals surface area contributed by atoms with Gasteiger partial charge in [-0.2, -0.15) is 10.1 Å². The van der Waals surface area contributed by atoms with Crippen molar-refractivity contribution in [2.75, 3.05) is 19.1 Å². The van der Waals surface area contributed by atoms with E-state index in [1.165, 1.54) is 13.3 Å². The van der Waals surface area contributed by atoms with Crippen LogP contribution in [0.4, 0.5) is 10.2 Å². The Labute approximate surface area is 205 Å². The minimum Gasteiger partial charge on any atom is -0.480 e. The molecule has 0 bridgehead atoms. The third kappa shape index (κ3) is 4.55. The van der Waals surface area contributed by atoms with Crippen LogP contribution in [0.5, 0.6) is 11.8 Å². The molecule has 3 aromatic rings. The summed E-state index contributed by atoms with van der Waals surface area (Å²) in [4.78, 5) is 7.09. The zero-order valence-electron chi connectivity index (χ0n) is 21.1. The van der Waals surface area contributed by atoms with Crippen LogP contribution in [0, 0.1) is 5.82 Å². The van der Waals surface area contributed by atoms with Crippen LogP contribution < -0.4 is 19.7 Å². The molecule has 2 aliphatic rings. The number of ether oxygens (including phenoxy) is 2. The van der Waals surface area contributed by atoms with Crippen molar-refractivity contribution in [1.82, 2.24) is 20.5 Å². The fourth-order valence-electron chi connectivity index (χ4n) is 5.62. The van der Waals surface area contributed by atoms with E-state index in [0.717, 1.165) is 35.3 Å². The molecule has 0 amide bonds. The van der Waals surface area contributed by atoms with Crippen molar-refractivity contribution in [3.05, 3.63) is 47.9 Å². The molecule has 0 atom stereocenters. The van der Waals surface area contributed by atoms with Crippen molar-refractivity contribution in [3.63, 3.8) is 0 Å². The number of pyridine rings is 1. The van der Waals surface area contributed by atoms with E-state index in [-0.39, 0.29) is 16.9 Å². The number of aromatic nitrogens is 3. The van der Waals surface area contributed by atoms with E-state index >= 15 is 4.39 Å². The lowest BCUT2D eigenvalue weighted by Gasteiger charge is -2.49. The summed E-state index contributed by atoms with van der Waals surface area (Å²) in [6.07, 6.45) is 3.55. The summed E-state index contributed by atoms with van der Waals surface area (Å²) in [6, 6.07) is 9.37. The summed E-state index contributed by atoms with van der Waals surface area (Å²) in [7, 11) is 3.60. The summed E-state index contributed by atoms with van der Waals surface area (Å²) in [5.74, 6) is 1.39. The van der Waals surface area contributed by atoms with Crippen LogP contribution in [0.25, 0.3) is 22.3 Å². The highest BCUT2D eigenvalue weighted by atomic mass is 19.1. The average Bonchev–Trinajstić information content (AvgIpc) is 2.80. The van der Waals surface area contributed by atoms with Gasteiger partial charge in [-0.05, 0) is 75.9 Å². The smallest absolute Gasteiger partial charge is 0.233 e. The molecule has 0 radical (unpaired) electrons. The van der Waals surface area contributed by atoms with Gasteiger partial charge >= 0.3 is 0 Å². The van der Waals surface area contributed by atoms with Gasteiger partial charge in [0.05, 0.1) is 13.3 Å². The second-order valence-electron chi connectivity index (χ2n) is 10.9. The monoisotopic (exact) mass is 477 g/mol. The van der Waals surface area contributed by atoms with Gasteiger partial charge in [-0.3, -0.25) is 0 Å². The fraction of sp³-hybridized carbons (Fsp3) is 0.444. The summed E-state index contributed by atoms with van der Waals surface area (Å²) < 4.78 is 26.4. The number of methoxy groups -OCH3 is 1. The predicted molar refractivity (Wildman–Crippen MR) is 134 cm³/mol. The normalized spacial score (nSPS) is 18.3. The van der Waals surface area contributed by atoms with E-state index in [1.807, 2.05) is 18.2 Å². The van der Waals surface area contributed by atoms with Gasteiger partial charge in [0.2, 0.25) is 11.8 Å². The third-order valence-corrected chi connectivity index (χ3v) is 6.92. The number of benzene rings is 1. The highest BCUT2D eigenvalue weighted by molar-refractivity contribution is 5.78. The van der Waals surface area contributed by atoms with E-state index in [4.69, 9.17) is 14.5 Å². The van der Waals surface area contributed by atoms with E-state index < -0.39 is 0 Å². The Morgan fingerprint density at radius 2 is 1.80 bits per heavy atom. The average molecular weight is 478 g/mol. The number of fused-ring (bicyclic) bond motifs is 3. The van der Waals surface area contributed by atoms with Crippen LogP contribution >= 0.6 is 0 Å². The summed E-state index contributed by atoms with van der Waals surface area (Å²) in [5.41, 5.74) is 3.60. The molecule has 7 nitrogen and oxygen atoms in total. The van der Waals surface area contributed by atoms with Crippen molar-refractivity contribution in [1.29, 1.82) is 0 Å². The topological polar surface area (TPSA) is 72.4 Å². The van der Waals surface area contributed by atoms with Gasteiger partial charge in [0.1, 0.15) is 18.2 Å². The third-order valence-electron chi connectivity index (χ3n) is 6.92. The van der Waals surface area contributed by atoms with Gasteiger partial charge in [0.15, 0.2) is 0 Å². The quantitative estimate of drug-likeness (QED) is 0.567. The molecule has 0 aliphatic carbocycles. The summed E-state index contributed by atoms with van der Waals surface area (Å²) in [6.45, 7) is 9.30. The number of hydrogen-bond donors (Lipinski definition) is 1.